The quantitative estimate of drug-likeness (QED) is 0.465. The van der Waals surface area contributed by atoms with Crippen molar-refractivity contribution < 1.29 is 19.4 Å². The Morgan fingerprint density at radius 2 is 1.66 bits per heavy atom. The number of halogens is 1. The zero-order valence-electron chi connectivity index (χ0n) is 17.3. The van der Waals surface area contributed by atoms with Crippen LogP contribution in [0.4, 0.5) is 4.79 Å². The molecular weight excluding hydrogens is 472 g/mol. The number of aliphatic hydroxyl groups excluding tert-OH is 1. The lowest BCUT2D eigenvalue weighted by Crippen LogP contribution is -2.46. The van der Waals surface area contributed by atoms with Crippen molar-refractivity contribution >= 4 is 27.9 Å². The van der Waals surface area contributed by atoms with Gasteiger partial charge in [0, 0.05) is 10.9 Å². The maximum absolute atomic E-state index is 13.6. The Kier molecular flexibility index (Phi) is 6.58. The summed E-state index contributed by atoms with van der Waals surface area (Å²) in [7, 11) is 0. The molecule has 1 fully saturated rings. The van der Waals surface area contributed by atoms with Crippen LogP contribution in [0, 0.1) is 0 Å². The molecule has 2 atom stereocenters. The highest BCUT2D eigenvalue weighted by Gasteiger charge is 2.52. The second-order valence-electron chi connectivity index (χ2n) is 7.70. The first-order chi connectivity index (χ1) is 15.5. The Bertz CT molecular complexity index is 1090. The fourth-order valence-corrected chi connectivity index (χ4v) is 4.23. The van der Waals surface area contributed by atoms with Crippen molar-refractivity contribution in [2.45, 2.75) is 18.1 Å². The Morgan fingerprint density at radius 1 is 0.969 bits per heavy atom. The number of rotatable bonds is 8. The first-order valence-corrected chi connectivity index (χ1v) is 11.1. The lowest BCUT2D eigenvalue weighted by atomic mass is 9.83. The van der Waals surface area contributed by atoms with E-state index in [9.17, 15) is 14.7 Å². The molecule has 1 saturated heterocycles. The number of ether oxygens (including phenoxy) is 1. The van der Waals surface area contributed by atoms with E-state index in [0.717, 1.165) is 14.9 Å². The van der Waals surface area contributed by atoms with Crippen LogP contribution in [0.3, 0.4) is 0 Å². The molecular formula is C25H23BrN2O4. The van der Waals surface area contributed by atoms with Gasteiger partial charge >= 0.3 is 6.03 Å². The van der Waals surface area contributed by atoms with E-state index in [2.05, 4.69) is 21.2 Å². The standard InChI is InChI=1S/C25H23BrN2O4/c26-20-12-7-13-22(14-20)32-17-21(29)16-28-23(30)25(27-24(28)31,19-10-5-2-6-11-19)15-18-8-3-1-4-9-18/h1-14,21,29H,15-17H2,(H,27,31)/t21-,25-/m0/s1. The van der Waals surface area contributed by atoms with Crippen LogP contribution in [0.15, 0.2) is 89.4 Å². The minimum absolute atomic E-state index is 0.0511. The van der Waals surface area contributed by atoms with E-state index in [1.165, 1.54) is 0 Å². The lowest BCUT2D eigenvalue weighted by Gasteiger charge is -2.28. The van der Waals surface area contributed by atoms with Gasteiger partial charge < -0.3 is 15.2 Å². The van der Waals surface area contributed by atoms with Gasteiger partial charge in [0.05, 0.1) is 6.54 Å². The number of hydrogen-bond acceptors (Lipinski definition) is 4. The summed E-state index contributed by atoms with van der Waals surface area (Å²) in [6.45, 7) is -0.216. The van der Waals surface area contributed by atoms with Crippen LogP contribution in [0.1, 0.15) is 11.1 Å². The SMILES string of the molecule is O=C1N[C@@](Cc2ccccc2)(c2ccccc2)C(=O)N1C[C@H](O)COc1cccc(Br)c1. The number of imide groups is 1. The molecule has 1 aliphatic rings. The van der Waals surface area contributed by atoms with Gasteiger partial charge in [-0.2, -0.15) is 0 Å². The van der Waals surface area contributed by atoms with Crippen LogP contribution in [0.5, 0.6) is 5.75 Å². The third-order valence-electron chi connectivity index (χ3n) is 5.39. The average Bonchev–Trinajstić information content (AvgIpc) is 3.04. The molecule has 0 aliphatic carbocycles. The Morgan fingerprint density at radius 3 is 2.34 bits per heavy atom. The summed E-state index contributed by atoms with van der Waals surface area (Å²) in [4.78, 5) is 27.5. The molecule has 3 aromatic carbocycles. The molecule has 0 unspecified atom stereocenters. The molecule has 0 saturated carbocycles. The molecule has 0 spiro atoms. The van der Waals surface area contributed by atoms with Crippen LogP contribution in [-0.2, 0) is 16.8 Å². The highest BCUT2D eigenvalue weighted by Crippen LogP contribution is 2.33. The van der Waals surface area contributed by atoms with Crippen molar-refractivity contribution in [1.29, 1.82) is 0 Å². The van der Waals surface area contributed by atoms with Gasteiger partial charge in [0.15, 0.2) is 5.54 Å². The van der Waals surface area contributed by atoms with Crippen molar-refractivity contribution in [2.24, 2.45) is 0 Å². The molecule has 1 heterocycles. The highest BCUT2D eigenvalue weighted by molar-refractivity contribution is 9.10. The number of hydrogen-bond donors (Lipinski definition) is 2. The van der Waals surface area contributed by atoms with Gasteiger partial charge in [-0.3, -0.25) is 9.69 Å². The lowest BCUT2D eigenvalue weighted by molar-refractivity contribution is -0.132. The van der Waals surface area contributed by atoms with E-state index < -0.39 is 17.7 Å². The summed E-state index contributed by atoms with van der Waals surface area (Å²) < 4.78 is 6.47. The summed E-state index contributed by atoms with van der Waals surface area (Å²) >= 11 is 3.37. The Balaban J connectivity index is 1.53. The normalized spacial score (nSPS) is 19.0. The number of carbonyl (C=O) groups excluding carboxylic acids is 2. The number of benzene rings is 3. The second kappa shape index (κ2) is 9.54. The third kappa shape index (κ3) is 4.69. The van der Waals surface area contributed by atoms with E-state index in [0.29, 0.717) is 17.7 Å². The van der Waals surface area contributed by atoms with E-state index in [1.54, 1.807) is 12.1 Å². The van der Waals surface area contributed by atoms with Crippen molar-refractivity contribution in [2.75, 3.05) is 13.2 Å². The van der Waals surface area contributed by atoms with Gasteiger partial charge in [-0.15, -0.1) is 0 Å². The van der Waals surface area contributed by atoms with Crippen LogP contribution in [0.25, 0.3) is 0 Å². The average molecular weight is 495 g/mol. The Hall–Kier alpha value is -3.16. The number of urea groups is 1. The maximum atomic E-state index is 13.6. The molecule has 0 radical (unpaired) electrons. The van der Waals surface area contributed by atoms with E-state index in [4.69, 9.17) is 4.74 Å². The smallest absolute Gasteiger partial charge is 0.325 e. The van der Waals surface area contributed by atoms with Crippen LogP contribution < -0.4 is 10.1 Å². The molecule has 7 heteroatoms. The van der Waals surface area contributed by atoms with E-state index >= 15 is 0 Å². The van der Waals surface area contributed by atoms with Gasteiger partial charge in [-0.05, 0) is 29.3 Å². The minimum Gasteiger partial charge on any atom is -0.491 e. The van der Waals surface area contributed by atoms with Gasteiger partial charge in [-0.1, -0.05) is 82.7 Å². The molecule has 0 bridgehead atoms. The number of carbonyl (C=O) groups is 2. The number of aliphatic hydroxyl groups is 1. The van der Waals surface area contributed by atoms with Crippen molar-refractivity contribution in [3.05, 3.63) is 101 Å². The zero-order valence-corrected chi connectivity index (χ0v) is 18.9. The largest absolute Gasteiger partial charge is 0.491 e. The van der Waals surface area contributed by atoms with Gasteiger partial charge in [0.2, 0.25) is 0 Å². The molecule has 164 valence electrons. The van der Waals surface area contributed by atoms with Crippen LogP contribution in [-0.4, -0.2) is 41.2 Å². The minimum atomic E-state index is -1.23. The second-order valence-corrected chi connectivity index (χ2v) is 8.62. The molecule has 2 N–H and O–H groups in total. The van der Waals surface area contributed by atoms with Crippen molar-refractivity contribution in [3.8, 4) is 5.75 Å². The molecule has 1 aliphatic heterocycles. The summed E-state index contributed by atoms with van der Waals surface area (Å²) in [6, 6.07) is 25.5. The van der Waals surface area contributed by atoms with Crippen molar-refractivity contribution in [1.82, 2.24) is 10.2 Å². The Labute approximate surface area is 195 Å². The summed E-state index contributed by atoms with van der Waals surface area (Å²) in [5.74, 6) is 0.192. The summed E-state index contributed by atoms with van der Waals surface area (Å²) in [5, 5.41) is 13.4. The summed E-state index contributed by atoms with van der Waals surface area (Å²) in [5.41, 5.74) is 0.389. The van der Waals surface area contributed by atoms with E-state index in [1.807, 2.05) is 72.8 Å². The third-order valence-corrected chi connectivity index (χ3v) is 5.88. The maximum Gasteiger partial charge on any atom is 0.325 e. The first-order valence-electron chi connectivity index (χ1n) is 10.3. The van der Waals surface area contributed by atoms with E-state index in [-0.39, 0.29) is 19.1 Å². The van der Waals surface area contributed by atoms with Crippen LogP contribution in [0.2, 0.25) is 0 Å². The number of nitrogens with one attached hydrogen (secondary N) is 1. The fraction of sp³-hybridized carbons (Fsp3) is 0.200. The number of β-amino-alcohol motifs (C(OH)–C–C–N with tert-alkyl or cyclic N) is 1. The molecule has 6 nitrogen and oxygen atoms in total. The van der Waals surface area contributed by atoms with Gasteiger partial charge in [0.1, 0.15) is 18.5 Å². The highest BCUT2D eigenvalue weighted by atomic mass is 79.9. The summed E-state index contributed by atoms with van der Waals surface area (Å²) in [6.07, 6.45) is -0.726. The van der Waals surface area contributed by atoms with Crippen LogP contribution >= 0.6 is 15.9 Å². The molecule has 32 heavy (non-hydrogen) atoms. The molecule has 0 aromatic heterocycles. The van der Waals surface area contributed by atoms with Crippen molar-refractivity contribution in [3.63, 3.8) is 0 Å². The topological polar surface area (TPSA) is 78.9 Å². The molecule has 4 rings (SSSR count). The number of nitrogens with zero attached hydrogens (tertiary/aromatic N) is 1. The van der Waals surface area contributed by atoms with Gasteiger partial charge in [0.25, 0.3) is 5.91 Å². The number of amides is 3. The monoisotopic (exact) mass is 494 g/mol. The zero-order chi connectivity index (χ0) is 22.6. The first kappa shape index (κ1) is 22.0. The fourth-order valence-electron chi connectivity index (χ4n) is 3.85. The van der Waals surface area contributed by atoms with Gasteiger partial charge in [-0.25, -0.2) is 4.79 Å². The molecule has 3 aromatic rings. The predicted octanol–water partition coefficient (Wildman–Crippen LogP) is 3.88. The predicted molar refractivity (Wildman–Crippen MR) is 124 cm³/mol. The molecule has 3 amide bonds.